The highest BCUT2D eigenvalue weighted by molar-refractivity contribution is 7.16. The number of aromatic nitrogens is 2. The molecule has 8 heavy (non-hydrogen) atoms. The van der Waals surface area contributed by atoms with Gasteiger partial charge in [0.05, 0.1) is 17.2 Å². The highest BCUT2D eigenvalue weighted by Gasteiger charge is 1.92. The SMILES string of the molecule is [c]1cc2ncsc2[nH]1. The molecule has 0 atom stereocenters. The Balaban J connectivity index is 3.06. The van der Waals surface area contributed by atoms with Crippen molar-refractivity contribution in [2.75, 3.05) is 0 Å². The second kappa shape index (κ2) is 1.32. The number of fused-ring (bicyclic) bond motifs is 1. The third-order valence-electron chi connectivity index (χ3n) is 0.990. The third-order valence-corrected chi connectivity index (χ3v) is 1.75. The van der Waals surface area contributed by atoms with Crippen LogP contribution in [0.4, 0.5) is 0 Å². The molecule has 1 N–H and O–H groups in total. The van der Waals surface area contributed by atoms with Gasteiger partial charge in [-0.15, -0.1) is 11.3 Å². The fraction of sp³-hybridized carbons (Fsp3) is 0. The molecule has 0 unspecified atom stereocenters. The molecule has 2 aromatic heterocycles. The maximum atomic E-state index is 4.03. The topological polar surface area (TPSA) is 28.7 Å². The van der Waals surface area contributed by atoms with E-state index in [0.717, 1.165) is 10.3 Å². The van der Waals surface area contributed by atoms with Gasteiger partial charge in [0.15, 0.2) is 0 Å². The van der Waals surface area contributed by atoms with Gasteiger partial charge in [-0.25, -0.2) is 4.98 Å². The Kier molecular flexibility index (Phi) is 0.676. The van der Waals surface area contributed by atoms with Crippen LogP contribution < -0.4 is 0 Å². The summed E-state index contributed by atoms with van der Waals surface area (Å²) in [6.45, 7) is 0. The van der Waals surface area contributed by atoms with Gasteiger partial charge in [0.1, 0.15) is 4.83 Å². The largest absolute Gasteiger partial charge is 0.344 e. The zero-order valence-electron chi connectivity index (χ0n) is 4.01. The first-order valence-corrected chi connectivity index (χ1v) is 3.13. The van der Waals surface area contributed by atoms with Crippen molar-refractivity contribution in [2.45, 2.75) is 0 Å². The first-order valence-electron chi connectivity index (χ1n) is 2.25. The van der Waals surface area contributed by atoms with Crippen molar-refractivity contribution < 1.29 is 0 Å². The van der Waals surface area contributed by atoms with E-state index in [0.29, 0.717) is 0 Å². The van der Waals surface area contributed by atoms with E-state index in [4.69, 9.17) is 0 Å². The number of aromatic amines is 1. The highest BCUT2D eigenvalue weighted by atomic mass is 32.1. The molecule has 2 aromatic rings. The predicted octanol–water partition coefficient (Wildman–Crippen LogP) is 1.42. The van der Waals surface area contributed by atoms with Gasteiger partial charge in [0.2, 0.25) is 0 Å². The molecule has 0 saturated carbocycles. The summed E-state index contributed by atoms with van der Waals surface area (Å²) >= 11 is 1.60. The van der Waals surface area contributed by atoms with Crippen molar-refractivity contribution in [3.05, 3.63) is 17.8 Å². The molecule has 0 fully saturated rings. The van der Waals surface area contributed by atoms with Crippen LogP contribution >= 0.6 is 11.3 Å². The Bertz CT molecular complexity index is 232. The van der Waals surface area contributed by atoms with Gasteiger partial charge in [-0.2, -0.15) is 0 Å². The Morgan fingerprint density at radius 1 is 1.75 bits per heavy atom. The fourth-order valence-corrected chi connectivity index (χ4v) is 1.24. The normalized spacial score (nSPS) is 10.5. The number of nitrogens with zero attached hydrogens (tertiary/aromatic N) is 1. The smallest absolute Gasteiger partial charge is 0.120 e. The van der Waals surface area contributed by atoms with E-state index < -0.39 is 0 Å². The van der Waals surface area contributed by atoms with Crippen LogP contribution in [0.1, 0.15) is 0 Å². The Hall–Kier alpha value is -0.830. The second-order valence-electron chi connectivity index (χ2n) is 1.48. The lowest BCUT2D eigenvalue weighted by atomic mass is 10.6. The molecule has 0 saturated heterocycles. The molecule has 1 radical (unpaired) electrons. The van der Waals surface area contributed by atoms with E-state index in [1.54, 1.807) is 11.3 Å². The molecule has 0 bridgehead atoms. The van der Waals surface area contributed by atoms with Gasteiger partial charge in [0.25, 0.3) is 0 Å². The van der Waals surface area contributed by atoms with E-state index in [1.807, 2.05) is 11.6 Å². The van der Waals surface area contributed by atoms with Crippen LogP contribution in [0.3, 0.4) is 0 Å². The van der Waals surface area contributed by atoms with E-state index in [-0.39, 0.29) is 0 Å². The number of nitrogens with one attached hydrogen (secondary N) is 1. The lowest BCUT2D eigenvalue weighted by Crippen LogP contribution is -1.51. The molecule has 2 heterocycles. The maximum Gasteiger partial charge on any atom is 0.120 e. The second-order valence-corrected chi connectivity index (χ2v) is 2.34. The van der Waals surface area contributed by atoms with Gasteiger partial charge in [-0.1, -0.05) is 0 Å². The van der Waals surface area contributed by atoms with Gasteiger partial charge < -0.3 is 4.98 Å². The zero-order chi connectivity index (χ0) is 5.40. The number of thiazole rings is 1. The quantitative estimate of drug-likeness (QED) is 0.564. The zero-order valence-corrected chi connectivity index (χ0v) is 4.83. The minimum Gasteiger partial charge on any atom is -0.344 e. The van der Waals surface area contributed by atoms with Crippen molar-refractivity contribution >= 4 is 21.7 Å². The van der Waals surface area contributed by atoms with E-state index >= 15 is 0 Å². The molecular formula is C5H3N2S. The summed E-state index contributed by atoms with van der Waals surface area (Å²) in [7, 11) is 0. The summed E-state index contributed by atoms with van der Waals surface area (Å²) in [4.78, 5) is 8.07. The Labute approximate surface area is 50.2 Å². The molecule has 0 aliphatic heterocycles. The first-order chi connectivity index (χ1) is 3.97. The van der Waals surface area contributed by atoms with Crippen LogP contribution in [0, 0.1) is 6.20 Å². The maximum absolute atomic E-state index is 4.03. The van der Waals surface area contributed by atoms with Crippen molar-refractivity contribution in [3.63, 3.8) is 0 Å². The number of H-pyrrole nitrogens is 1. The summed E-state index contributed by atoms with van der Waals surface area (Å²) in [5, 5.41) is 0. The fourth-order valence-electron chi connectivity index (χ4n) is 0.621. The highest BCUT2D eigenvalue weighted by Crippen LogP contribution is 2.12. The van der Waals surface area contributed by atoms with E-state index in [2.05, 4.69) is 16.2 Å². The minimum atomic E-state index is 1.01. The van der Waals surface area contributed by atoms with Crippen LogP contribution in [0.25, 0.3) is 10.3 Å². The third kappa shape index (κ3) is 0.391. The Morgan fingerprint density at radius 2 is 2.75 bits per heavy atom. The summed E-state index contributed by atoms with van der Waals surface area (Å²) in [6, 6.07) is 1.84. The number of rotatable bonds is 0. The van der Waals surface area contributed by atoms with Crippen molar-refractivity contribution in [2.24, 2.45) is 0 Å². The molecule has 2 rings (SSSR count). The van der Waals surface area contributed by atoms with Crippen molar-refractivity contribution in [1.29, 1.82) is 0 Å². The van der Waals surface area contributed by atoms with Crippen LogP contribution in [0.5, 0.6) is 0 Å². The van der Waals surface area contributed by atoms with E-state index in [1.165, 1.54) is 0 Å². The van der Waals surface area contributed by atoms with Crippen LogP contribution in [0.15, 0.2) is 11.6 Å². The van der Waals surface area contributed by atoms with Crippen LogP contribution in [-0.4, -0.2) is 9.97 Å². The molecule has 3 heteroatoms. The van der Waals surface area contributed by atoms with E-state index in [9.17, 15) is 0 Å². The van der Waals surface area contributed by atoms with Gasteiger partial charge >= 0.3 is 0 Å². The molecule has 0 amide bonds. The first kappa shape index (κ1) is 4.09. The summed E-state index contributed by atoms with van der Waals surface area (Å²) < 4.78 is 0. The lowest BCUT2D eigenvalue weighted by molar-refractivity contribution is 1.48. The van der Waals surface area contributed by atoms with Gasteiger partial charge in [0, 0.05) is 0 Å². The molecule has 0 aliphatic rings. The number of hydrogen-bond donors (Lipinski definition) is 1. The lowest BCUT2D eigenvalue weighted by Gasteiger charge is -1.64. The molecule has 0 aromatic carbocycles. The van der Waals surface area contributed by atoms with Gasteiger partial charge in [-0.05, 0) is 6.07 Å². The van der Waals surface area contributed by atoms with Crippen LogP contribution in [0.2, 0.25) is 0 Å². The average molecular weight is 123 g/mol. The standard InChI is InChI=1S/C5H3N2S/c1-2-6-5-4(1)7-3-8-5/h1,3,6H. The van der Waals surface area contributed by atoms with Crippen molar-refractivity contribution in [1.82, 2.24) is 9.97 Å². The van der Waals surface area contributed by atoms with Gasteiger partial charge in [-0.3, -0.25) is 0 Å². The minimum absolute atomic E-state index is 1.01. The van der Waals surface area contributed by atoms with Crippen LogP contribution in [-0.2, 0) is 0 Å². The monoisotopic (exact) mass is 123 g/mol. The molecule has 2 nitrogen and oxygen atoms in total. The average Bonchev–Trinajstić information content (AvgIpc) is 2.15. The summed E-state index contributed by atoms with van der Waals surface area (Å²) in [6.07, 6.45) is 2.84. The summed E-state index contributed by atoms with van der Waals surface area (Å²) in [5.74, 6) is 0. The molecule has 0 spiro atoms. The molecular weight excluding hydrogens is 120 g/mol. The molecule has 39 valence electrons. The predicted molar refractivity (Wildman–Crippen MR) is 32.8 cm³/mol. The Morgan fingerprint density at radius 3 is 3.62 bits per heavy atom. The van der Waals surface area contributed by atoms with Crippen molar-refractivity contribution in [3.8, 4) is 0 Å². The summed E-state index contributed by atoms with van der Waals surface area (Å²) in [5.41, 5.74) is 2.82. The number of hydrogen-bond acceptors (Lipinski definition) is 2. The molecule has 0 aliphatic carbocycles.